The Bertz CT molecular complexity index is 179. The third-order valence-corrected chi connectivity index (χ3v) is 2.35. The van der Waals surface area contributed by atoms with E-state index in [1.807, 2.05) is 13.0 Å². The lowest BCUT2D eigenvalue weighted by Gasteiger charge is -2.30. The minimum Gasteiger partial charge on any atom is -0.286 e. The number of hydrogen-bond acceptors (Lipinski definition) is 1. The van der Waals surface area contributed by atoms with Gasteiger partial charge in [0.05, 0.1) is 6.04 Å². The zero-order valence-electron chi connectivity index (χ0n) is 7.67. The zero-order chi connectivity index (χ0) is 8.27. The van der Waals surface area contributed by atoms with Crippen LogP contribution < -0.4 is 0 Å². The molecule has 0 amide bonds. The summed E-state index contributed by atoms with van der Waals surface area (Å²) in [6.45, 7) is 6.38. The van der Waals surface area contributed by atoms with Gasteiger partial charge >= 0.3 is 0 Å². The molecule has 0 aliphatic heterocycles. The molecule has 1 fully saturated rings. The molecule has 11 heavy (non-hydrogen) atoms. The number of aliphatic imine (C=N–C) groups is 1. The van der Waals surface area contributed by atoms with Gasteiger partial charge in [0.15, 0.2) is 0 Å². The first-order valence-corrected chi connectivity index (χ1v) is 4.41. The molecule has 1 nitrogen and oxygen atoms in total. The molecule has 0 radical (unpaired) electrons. The fraction of sp³-hybridized carbons (Fsp3) is 0.700. The van der Waals surface area contributed by atoms with Crippen LogP contribution in [0.5, 0.6) is 0 Å². The quantitative estimate of drug-likeness (QED) is 0.538. The smallest absolute Gasteiger partial charge is 0.0528 e. The van der Waals surface area contributed by atoms with Gasteiger partial charge in [0.25, 0.3) is 0 Å². The van der Waals surface area contributed by atoms with E-state index in [4.69, 9.17) is 0 Å². The van der Waals surface area contributed by atoms with Gasteiger partial charge in [0, 0.05) is 5.71 Å². The summed E-state index contributed by atoms with van der Waals surface area (Å²) in [5.41, 5.74) is 1.17. The normalized spacial score (nSPS) is 32.5. The Morgan fingerprint density at radius 3 is 2.55 bits per heavy atom. The van der Waals surface area contributed by atoms with Gasteiger partial charge < -0.3 is 0 Å². The van der Waals surface area contributed by atoms with Crippen molar-refractivity contribution in [2.45, 2.75) is 39.7 Å². The van der Waals surface area contributed by atoms with Gasteiger partial charge in [-0.3, -0.25) is 4.99 Å². The van der Waals surface area contributed by atoms with E-state index in [2.05, 4.69) is 24.9 Å². The molecule has 0 aromatic carbocycles. The average molecular weight is 151 g/mol. The molecule has 62 valence electrons. The Morgan fingerprint density at radius 1 is 1.45 bits per heavy atom. The summed E-state index contributed by atoms with van der Waals surface area (Å²) in [6.07, 6.45) is 6.76. The Kier molecular flexibility index (Phi) is 2.86. The van der Waals surface area contributed by atoms with Crippen molar-refractivity contribution in [1.82, 2.24) is 0 Å². The topological polar surface area (TPSA) is 12.4 Å². The molecule has 0 heterocycles. The highest BCUT2D eigenvalue weighted by Crippen LogP contribution is 2.29. The van der Waals surface area contributed by atoms with Crippen molar-refractivity contribution in [3.05, 3.63) is 12.2 Å². The molecule has 0 aromatic heterocycles. The monoisotopic (exact) mass is 151 g/mol. The van der Waals surface area contributed by atoms with Gasteiger partial charge in [-0.25, -0.2) is 0 Å². The van der Waals surface area contributed by atoms with Crippen molar-refractivity contribution in [2.75, 3.05) is 0 Å². The standard InChI is InChI=1S/C10H17N/c1-4-5-9(3)11-10-7-6-8(10)2/h4-5,8,10H,6-7H2,1-3H3/b5-4-,11-9?. The van der Waals surface area contributed by atoms with Crippen LogP contribution >= 0.6 is 0 Å². The van der Waals surface area contributed by atoms with Gasteiger partial charge in [-0.15, -0.1) is 0 Å². The van der Waals surface area contributed by atoms with Crippen LogP contribution in [-0.2, 0) is 0 Å². The lowest BCUT2D eigenvalue weighted by atomic mass is 9.81. The predicted molar refractivity (Wildman–Crippen MR) is 50.1 cm³/mol. The molecule has 0 N–H and O–H groups in total. The second-order valence-electron chi connectivity index (χ2n) is 3.39. The number of nitrogens with zero attached hydrogens (tertiary/aromatic N) is 1. The van der Waals surface area contributed by atoms with Crippen molar-refractivity contribution >= 4 is 5.71 Å². The highest BCUT2D eigenvalue weighted by atomic mass is 14.8. The van der Waals surface area contributed by atoms with E-state index in [0.29, 0.717) is 6.04 Å². The van der Waals surface area contributed by atoms with Crippen LogP contribution in [0.2, 0.25) is 0 Å². The number of allylic oxidation sites excluding steroid dienone is 2. The van der Waals surface area contributed by atoms with Gasteiger partial charge in [-0.1, -0.05) is 13.0 Å². The summed E-state index contributed by atoms with van der Waals surface area (Å²) in [5, 5.41) is 0. The molecule has 0 saturated heterocycles. The van der Waals surface area contributed by atoms with Gasteiger partial charge in [-0.05, 0) is 38.7 Å². The third-order valence-electron chi connectivity index (χ3n) is 2.35. The minimum absolute atomic E-state index is 0.617. The van der Waals surface area contributed by atoms with Crippen molar-refractivity contribution in [1.29, 1.82) is 0 Å². The van der Waals surface area contributed by atoms with Crippen LogP contribution in [0.3, 0.4) is 0 Å². The van der Waals surface area contributed by atoms with Crippen molar-refractivity contribution in [3.63, 3.8) is 0 Å². The van der Waals surface area contributed by atoms with Crippen LogP contribution in [0, 0.1) is 5.92 Å². The maximum Gasteiger partial charge on any atom is 0.0528 e. The van der Waals surface area contributed by atoms with Crippen LogP contribution in [0.1, 0.15) is 33.6 Å². The SMILES string of the molecule is C/C=C\C(C)=NC1CCC1C. The Labute approximate surface area is 69.2 Å². The summed E-state index contributed by atoms with van der Waals surface area (Å²) >= 11 is 0. The molecule has 1 aliphatic carbocycles. The highest BCUT2D eigenvalue weighted by molar-refractivity contribution is 5.92. The summed E-state index contributed by atoms with van der Waals surface area (Å²) in [4.78, 5) is 4.58. The summed E-state index contributed by atoms with van der Waals surface area (Å²) in [7, 11) is 0. The van der Waals surface area contributed by atoms with E-state index >= 15 is 0 Å². The Hall–Kier alpha value is -0.590. The Balaban J connectivity index is 2.43. The summed E-state index contributed by atoms with van der Waals surface area (Å²) in [6, 6.07) is 0.617. The van der Waals surface area contributed by atoms with Gasteiger partial charge in [0.2, 0.25) is 0 Å². The largest absolute Gasteiger partial charge is 0.286 e. The maximum atomic E-state index is 4.58. The van der Waals surface area contributed by atoms with E-state index in [-0.39, 0.29) is 0 Å². The molecular formula is C10H17N. The molecule has 0 aromatic rings. The second-order valence-corrected chi connectivity index (χ2v) is 3.39. The summed E-state index contributed by atoms with van der Waals surface area (Å²) < 4.78 is 0. The van der Waals surface area contributed by atoms with Crippen LogP contribution in [-0.4, -0.2) is 11.8 Å². The molecule has 0 bridgehead atoms. The first-order chi connectivity index (χ1) is 5.24. The zero-order valence-corrected chi connectivity index (χ0v) is 7.67. The average Bonchev–Trinajstić information content (AvgIpc) is 1.98. The maximum absolute atomic E-state index is 4.58. The number of hydrogen-bond donors (Lipinski definition) is 0. The van der Waals surface area contributed by atoms with E-state index in [9.17, 15) is 0 Å². The lowest BCUT2D eigenvalue weighted by Crippen LogP contribution is -2.27. The second kappa shape index (κ2) is 3.70. The molecule has 1 rings (SSSR count). The molecule has 0 spiro atoms. The number of rotatable bonds is 2. The molecular weight excluding hydrogens is 134 g/mol. The third kappa shape index (κ3) is 2.18. The van der Waals surface area contributed by atoms with Crippen molar-refractivity contribution in [2.24, 2.45) is 10.9 Å². The molecule has 2 unspecified atom stereocenters. The van der Waals surface area contributed by atoms with E-state index < -0.39 is 0 Å². The fourth-order valence-corrected chi connectivity index (χ4v) is 1.39. The van der Waals surface area contributed by atoms with Crippen molar-refractivity contribution < 1.29 is 0 Å². The molecule has 1 aliphatic rings. The van der Waals surface area contributed by atoms with E-state index in [1.54, 1.807) is 0 Å². The summed E-state index contributed by atoms with van der Waals surface area (Å²) in [5.74, 6) is 0.815. The first-order valence-electron chi connectivity index (χ1n) is 4.41. The van der Waals surface area contributed by atoms with Crippen LogP contribution in [0.4, 0.5) is 0 Å². The van der Waals surface area contributed by atoms with Gasteiger partial charge in [0.1, 0.15) is 0 Å². The highest BCUT2D eigenvalue weighted by Gasteiger charge is 2.25. The fourth-order valence-electron chi connectivity index (χ4n) is 1.39. The van der Waals surface area contributed by atoms with Crippen LogP contribution in [0.25, 0.3) is 0 Å². The Morgan fingerprint density at radius 2 is 2.18 bits per heavy atom. The first kappa shape index (κ1) is 8.51. The van der Waals surface area contributed by atoms with Gasteiger partial charge in [-0.2, -0.15) is 0 Å². The predicted octanol–water partition coefficient (Wildman–Crippen LogP) is 2.82. The van der Waals surface area contributed by atoms with E-state index in [0.717, 1.165) is 5.92 Å². The lowest BCUT2D eigenvalue weighted by molar-refractivity contribution is 0.284. The van der Waals surface area contributed by atoms with Crippen molar-refractivity contribution in [3.8, 4) is 0 Å². The molecule has 2 atom stereocenters. The minimum atomic E-state index is 0.617. The molecule has 1 saturated carbocycles. The van der Waals surface area contributed by atoms with Crippen LogP contribution in [0.15, 0.2) is 17.1 Å². The van der Waals surface area contributed by atoms with E-state index in [1.165, 1.54) is 18.6 Å². The molecule has 1 heteroatoms.